The van der Waals surface area contributed by atoms with E-state index in [0.29, 0.717) is 6.10 Å². The topological polar surface area (TPSA) is 38.8 Å². The van der Waals surface area contributed by atoms with Crippen molar-refractivity contribution in [2.24, 2.45) is 0 Å². The third kappa shape index (κ3) is 2.66. The van der Waals surface area contributed by atoms with Crippen molar-refractivity contribution in [2.75, 3.05) is 18.6 Å². The summed E-state index contributed by atoms with van der Waals surface area (Å²) in [4.78, 5) is 14.2. The Morgan fingerprint density at radius 1 is 1.10 bits per heavy atom. The van der Waals surface area contributed by atoms with Crippen LogP contribution in [0.15, 0.2) is 24.3 Å². The molecule has 4 nitrogen and oxygen atoms in total. The second-order valence-electron chi connectivity index (χ2n) is 5.51. The average Bonchev–Trinajstić information content (AvgIpc) is 3.11. The summed E-state index contributed by atoms with van der Waals surface area (Å²) in [5, 5.41) is 0. The Morgan fingerprint density at radius 2 is 1.80 bits per heavy atom. The molecule has 20 heavy (non-hydrogen) atoms. The van der Waals surface area contributed by atoms with Gasteiger partial charge in [0.1, 0.15) is 11.9 Å². The predicted octanol–water partition coefficient (Wildman–Crippen LogP) is 2.76. The number of hydrogen-bond donors (Lipinski definition) is 0. The van der Waals surface area contributed by atoms with Gasteiger partial charge < -0.3 is 14.4 Å². The third-order valence-electron chi connectivity index (χ3n) is 4.20. The van der Waals surface area contributed by atoms with E-state index in [0.717, 1.165) is 37.2 Å². The smallest absolute Gasteiger partial charge is 0.256 e. The molecule has 1 heterocycles. The number of amides is 1. The van der Waals surface area contributed by atoms with E-state index in [-0.39, 0.29) is 12.0 Å². The van der Waals surface area contributed by atoms with Crippen molar-refractivity contribution < 1.29 is 14.3 Å². The van der Waals surface area contributed by atoms with E-state index in [9.17, 15) is 4.79 Å². The first-order valence-electron chi connectivity index (χ1n) is 7.39. The van der Waals surface area contributed by atoms with Gasteiger partial charge in [-0.15, -0.1) is 0 Å². The molecule has 1 aliphatic carbocycles. The zero-order valence-corrected chi connectivity index (χ0v) is 11.9. The number of ether oxygens (including phenoxy) is 2. The lowest BCUT2D eigenvalue weighted by atomic mass is 10.2. The molecule has 1 amide bonds. The maximum atomic E-state index is 12.4. The van der Waals surface area contributed by atoms with Crippen molar-refractivity contribution in [1.82, 2.24) is 0 Å². The van der Waals surface area contributed by atoms with Crippen LogP contribution in [0.2, 0.25) is 0 Å². The van der Waals surface area contributed by atoms with Gasteiger partial charge in [0, 0.05) is 18.7 Å². The van der Waals surface area contributed by atoms with Gasteiger partial charge in [-0.3, -0.25) is 4.79 Å². The molecule has 0 N–H and O–H groups in total. The molecule has 1 aromatic rings. The minimum absolute atomic E-state index is 0.0991. The molecule has 0 aromatic heterocycles. The molecule has 4 heteroatoms. The molecule has 3 rings (SSSR count). The van der Waals surface area contributed by atoms with Crippen molar-refractivity contribution in [3.05, 3.63) is 24.3 Å². The van der Waals surface area contributed by atoms with Crippen molar-refractivity contribution in [3.8, 4) is 5.75 Å². The van der Waals surface area contributed by atoms with Crippen LogP contribution < -0.4 is 9.64 Å². The lowest BCUT2D eigenvalue weighted by molar-refractivity contribution is -0.130. The van der Waals surface area contributed by atoms with Gasteiger partial charge in [0.25, 0.3) is 5.91 Å². The number of anilines is 1. The van der Waals surface area contributed by atoms with Crippen molar-refractivity contribution >= 4 is 11.6 Å². The normalized spacial score (nSPS) is 23.6. The summed E-state index contributed by atoms with van der Waals surface area (Å²) in [6, 6.07) is 7.62. The lowest BCUT2D eigenvalue weighted by Gasteiger charge is -2.19. The van der Waals surface area contributed by atoms with E-state index in [1.165, 1.54) is 12.8 Å². The number of methoxy groups -OCH3 is 1. The number of nitrogens with zero attached hydrogens (tertiary/aromatic N) is 1. The predicted molar refractivity (Wildman–Crippen MR) is 77.1 cm³/mol. The van der Waals surface area contributed by atoms with E-state index in [1.54, 1.807) is 7.11 Å². The van der Waals surface area contributed by atoms with Gasteiger partial charge in [-0.2, -0.15) is 0 Å². The highest BCUT2D eigenvalue weighted by Gasteiger charge is 2.35. The number of carbonyl (C=O) groups is 1. The van der Waals surface area contributed by atoms with Gasteiger partial charge in [0.05, 0.1) is 13.2 Å². The van der Waals surface area contributed by atoms with E-state index in [1.807, 2.05) is 29.2 Å². The maximum Gasteiger partial charge on any atom is 0.256 e. The molecule has 1 aliphatic heterocycles. The molecule has 1 saturated heterocycles. The average molecular weight is 275 g/mol. The van der Waals surface area contributed by atoms with E-state index < -0.39 is 0 Å². The van der Waals surface area contributed by atoms with Crippen molar-refractivity contribution in [1.29, 1.82) is 0 Å². The molecule has 1 saturated carbocycles. The Morgan fingerprint density at radius 3 is 2.45 bits per heavy atom. The molecule has 2 fully saturated rings. The summed E-state index contributed by atoms with van der Waals surface area (Å²) in [7, 11) is 1.64. The van der Waals surface area contributed by atoms with E-state index in [4.69, 9.17) is 9.47 Å². The molecule has 0 spiro atoms. The Hall–Kier alpha value is -1.55. The molecule has 108 valence electrons. The van der Waals surface area contributed by atoms with Crippen LogP contribution in [0, 0.1) is 0 Å². The molecule has 1 aromatic carbocycles. The van der Waals surface area contributed by atoms with Crippen LogP contribution in [0.3, 0.4) is 0 Å². The van der Waals surface area contributed by atoms with E-state index >= 15 is 0 Å². The SMILES string of the molecule is COc1ccc(N2CCC(OC3CCCC3)C2=O)cc1. The van der Waals surface area contributed by atoms with Gasteiger partial charge in [-0.05, 0) is 37.1 Å². The van der Waals surface area contributed by atoms with Crippen LogP contribution in [0.1, 0.15) is 32.1 Å². The third-order valence-corrected chi connectivity index (χ3v) is 4.20. The first-order chi connectivity index (χ1) is 9.78. The van der Waals surface area contributed by atoms with Gasteiger partial charge >= 0.3 is 0 Å². The van der Waals surface area contributed by atoms with Crippen molar-refractivity contribution in [3.63, 3.8) is 0 Å². The lowest BCUT2D eigenvalue weighted by Crippen LogP contribution is -2.32. The second kappa shape index (κ2) is 5.83. The quantitative estimate of drug-likeness (QED) is 0.848. The standard InChI is InChI=1S/C16H21NO3/c1-19-13-8-6-12(7-9-13)17-11-10-15(16(17)18)20-14-4-2-3-5-14/h6-9,14-15H,2-5,10-11H2,1H3. The van der Waals surface area contributed by atoms with Crippen LogP contribution in [0.25, 0.3) is 0 Å². The van der Waals surface area contributed by atoms with Gasteiger partial charge in [0.15, 0.2) is 0 Å². The summed E-state index contributed by atoms with van der Waals surface area (Å²) in [6.07, 6.45) is 5.50. The van der Waals surface area contributed by atoms with Crippen molar-refractivity contribution in [2.45, 2.75) is 44.3 Å². The van der Waals surface area contributed by atoms with E-state index in [2.05, 4.69) is 0 Å². The van der Waals surface area contributed by atoms with Crippen LogP contribution in [0.4, 0.5) is 5.69 Å². The Labute approximate surface area is 119 Å². The van der Waals surface area contributed by atoms with Gasteiger partial charge in [0.2, 0.25) is 0 Å². The number of benzene rings is 1. The first kappa shape index (κ1) is 13.4. The van der Waals surface area contributed by atoms with Crippen LogP contribution in [0.5, 0.6) is 5.75 Å². The minimum Gasteiger partial charge on any atom is -0.497 e. The monoisotopic (exact) mass is 275 g/mol. The fourth-order valence-corrected chi connectivity index (χ4v) is 3.06. The first-order valence-corrected chi connectivity index (χ1v) is 7.39. The number of carbonyl (C=O) groups excluding carboxylic acids is 1. The number of rotatable bonds is 4. The van der Waals surface area contributed by atoms with Crippen LogP contribution >= 0.6 is 0 Å². The molecule has 2 aliphatic rings. The zero-order chi connectivity index (χ0) is 13.9. The molecular formula is C16H21NO3. The minimum atomic E-state index is -0.250. The highest BCUT2D eigenvalue weighted by molar-refractivity contribution is 5.98. The molecular weight excluding hydrogens is 254 g/mol. The second-order valence-corrected chi connectivity index (χ2v) is 5.51. The number of hydrogen-bond acceptors (Lipinski definition) is 3. The molecule has 1 atom stereocenters. The fourth-order valence-electron chi connectivity index (χ4n) is 3.06. The largest absolute Gasteiger partial charge is 0.497 e. The summed E-state index contributed by atoms with van der Waals surface area (Å²) in [5.41, 5.74) is 0.924. The van der Waals surface area contributed by atoms with Gasteiger partial charge in [-0.25, -0.2) is 0 Å². The molecule has 0 radical (unpaired) electrons. The zero-order valence-electron chi connectivity index (χ0n) is 11.9. The Kier molecular flexibility index (Phi) is 3.92. The Bertz CT molecular complexity index is 465. The highest BCUT2D eigenvalue weighted by atomic mass is 16.5. The molecule has 0 bridgehead atoms. The van der Waals surface area contributed by atoms with Crippen LogP contribution in [-0.4, -0.2) is 31.8 Å². The maximum absolute atomic E-state index is 12.4. The van der Waals surface area contributed by atoms with Crippen LogP contribution in [-0.2, 0) is 9.53 Å². The summed E-state index contributed by atoms with van der Waals surface area (Å²) >= 11 is 0. The van der Waals surface area contributed by atoms with Gasteiger partial charge in [-0.1, -0.05) is 12.8 Å². The Balaban J connectivity index is 1.64. The molecule has 1 unspecified atom stereocenters. The summed E-state index contributed by atoms with van der Waals surface area (Å²) < 4.78 is 11.1. The summed E-state index contributed by atoms with van der Waals surface area (Å²) in [5.74, 6) is 0.904. The highest BCUT2D eigenvalue weighted by Crippen LogP contribution is 2.29. The fraction of sp³-hybridized carbons (Fsp3) is 0.562. The summed E-state index contributed by atoms with van der Waals surface area (Å²) in [6.45, 7) is 0.739.